The van der Waals surface area contributed by atoms with Crippen molar-refractivity contribution in [2.24, 2.45) is 0 Å². The lowest BCUT2D eigenvalue weighted by Crippen LogP contribution is -2.01. The average molecular weight is 285 g/mol. The third-order valence-corrected chi connectivity index (χ3v) is 3.62. The molecule has 1 nitrogen and oxygen atoms in total. The quantitative estimate of drug-likeness (QED) is 0.239. The fourth-order valence-electron chi connectivity index (χ4n) is 2.13. The summed E-state index contributed by atoms with van der Waals surface area (Å²) in [6.45, 7) is 7.21. The highest BCUT2D eigenvalue weighted by Crippen LogP contribution is 2.17. The first-order valence-corrected chi connectivity index (χ1v) is 8.48. The number of hydrogen-bond donors (Lipinski definition) is 0. The van der Waals surface area contributed by atoms with Crippen LogP contribution in [-0.2, 0) is 4.74 Å². The van der Waals surface area contributed by atoms with Gasteiger partial charge in [-0.3, -0.25) is 0 Å². The van der Waals surface area contributed by atoms with E-state index in [1.807, 2.05) is 6.92 Å². The van der Waals surface area contributed by atoms with Crippen LogP contribution in [0.25, 0.3) is 0 Å². The fourth-order valence-corrected chi connectivity index (χ4v) is 2.35. The first kappa shape index (κ1) is 18.6. The molecule has 2 heteroatoms. The van der Waals surface area contributed by atoms with E-state index in [9.17, 15) is 0 Å². The van der Waals surface area contributed by atoms with Gasteiger partial charge in [-0.05, 0) is 51.2 Å². The summed E-state index contributed by atoms with van der Waals surface area (Å²) in [7, 11) is 0. The Morgan fingerprint density at radius 2 is 1.58 bits per heavy atom. The minimum atomic E-state index is 0.699. The van der Waals surface area contributed by atoms with Crippen molar-refractivity contribution in [1.82, 2.24) is 0 Å². The molecule has 0 saturated carbocycles. The lowest BCUT2D eigenvalue weighted by molar-refractivity contribution is 0.327. The van der Waals surface area contributed by atoms with Crippen LogP contribution >= 0.6 is 12.2 Å². The van der Waals surface area contributed by atoms with Crippen LogP contribution in [0.4, 0.5) is 0 Å². The molecule has 0 radical (unpaired) electrons. The average Bonchev–Trinajstić information content (AvgIpc) is 2.40. The van der Waals surface area contributed by atoms with Gasteiger partial charge >= 0.3 is 0 Å². The van der Waals surface area contributed by atoms with Gasteiger partial charge in [-0.15, -0.1) is 0 Å². The predicted molar refractivity (Wildman–Crippen MR) is 89.8 cm³/mol. The van der Waals surface area contributed by atoms with E-state index in [4.69, 9.17) is 17.0 Å². The maximum absolute atomic E-state index is 5.37. The zero-order valence-corrected chi connectivity index (χ0v) is 14.0. The molecule has 0 aliphatic carbocycles. The Labute approximate surface area is 125 Å². The minimum absolute atomic E-state index is 0.699. The number of thiocarbonyl (C=S) groups is 1. The van der Waals surface area contributed by atoms with Gasteiger partial charge in [0.25, 0.3) is 0 Å². The predicted octanol–water partition coefficient (Wildman–Crippen LogP) is 6.22. The van der Waals surface area contributed by atoms with Crippen LogP contribution in [0, 0.1) is 0 Å². The van der Waals surface area contributed by atoms with Gasteiger partial charge < -0.3 is 4.74 Å². The van der Waals surface area contributed by atoms with Crippen molar-refractivity contribution in [3.63, 3.8) is 0 Å². The van der Waals surface area contributed by atoms with E-state index in [-0.39, 0.29) is 0 Å². The lowest BCUT2D eigenvalue weighted by Gasteiger charge is -2.09. The van der Waals surface area contributed by atoms with Gasteiger partial charge in [-0.2, -0.15) is 0 Å². The van der Waals surface area contributed by atoms with Gasteiger partial charge in [0.15, 0.2) is 5.05 Å². The molecule has 0 fully saturated rings. The van der Waals surface area contributed by atoms with Crippen molar-refractivity contribution in [2.75, 3.05) is 6.61 Å². The molecule has 0 saturated heterocycles. The van der Waals surface area contributed by atoms with Crippen molar-refractivity contribution in [1.29, 1.82) is 0 Å². The van der Waals surface area contributed by atoms with E-state index >= 15 is 0 Å². The maximum atomic E-state index is 5.37. The lowest BCUT2D eigenvalue weighted by atomic mass is 10.0. The van der Waals surface area contributed by atoms with E-state index in [0.717, 1.165) is 17.9 Å². The zero-order chi connectivity index (χ0) is 14.3. The second-order valence-corrected chi connectivity index (χ2v) is 5.58. The SMILES string of the molecule is CCCCC/C=C(\CCCCC)CCC(=S)OCC. The molecule has 0 heterocycles. The monoisotopic (exact) mass is 284 g/mol. The Morgan fingerprint density at radius 1 is 0.895 bits per heavy atom. The molecule has 112 valence electrons. The van der Waals surface area contributed by atoms with Crippen molar-refractivity contribution < 1.29 is 4.74 Å². The summed E-state index contributed by atoms with van der Waals surface area (Å²) in [5.41, 5.74) is 1.59. The van der Waals surface area contributed by atoms with Crippen molar-refractivity contribution in [2.45, 2.75) is 85.0 Å². The highest BCUT2D eigenvalue weighted by Gasteiger charge is 2.02. The highest BCUT2D eigenvalue weighted by atomic mass is 32.1. The summed E-state index contributed by atoms with van der Waals surface area (Å²) < 4.78 is 5.37. The third kappa shape index (κ3) is 12.4. The summed E-state index contributed by atoms with van der Waals surface area (Å²) in [6.07, 6.45) is 14.8. The third-order valence-electron chi connectivity index (χ3n) is 3.30. The molecular formula is C17H32OS. The summed E-state index contributed by atoms with van der Waals surface area (Å²) in [5.74, 6) is 0. The first-order valence-electron chi connectivity index (χ1n) is 8.08. The number of rotatable bonds is 12. The number of unbranched alkanes of at least 4 members (excludes halogenated alkanes) is 5. The van der Waals surface area contributed by atoms with Crippen LogP contribution in [0.2, 0.25) is 0 Å². The topological polar surface area (TPSA) is 9.23 Å². The van der Waals surface area contributed by atoms with Crippen molar-refractivity contribution in [3.05, 3.63) is 11.6 Å². The molecule has 0 spiro atoms. The Kier molecular flexibility index (Phi) is 13.8. The molecule has 19 heavy (non-hydrogen) atoms. The molecule has 0 atom stereocenters. The highest BCUT2D eigenvalue weighted by molar-refractivity contribution is 7.80. The first-order chi connectivity index (χ1) is 9.24. The van der Waals surface area contributed by atoms with Crippen LogP contribution in [0.15, 0.2) is 11.6 Å². The van der Waals surface area contributed by atoms with Gasteiger partial charge in [-0.1, -0.05) is 51.2 Å². The van der Waals surface area contributed by atoms with E-state index < -0.39 is 0 Å². The van der Waals surface area contributed by atoms with Gasteiger partial charge in [0.2, 0.25) is 0 Å². The normalized spacial score (nSPS) is 11.6. The Bertz CT molecular complexity index is 246. The molecule has 0 amide bonds. The summed E-state index contributed by atoms with van der Waals surface area (Å²) in [4.78, 5) is 0. The standard InChI is InChI=1S/C17H32OS/c1-4-7-9-11-13-16(12-10-8-5-2)14-15-17(19)18-6-3/h13H,4-12,14-15H2,1-3H3/b16-13+. The molecule has 0 aliphatic heterocycles. The summed E-state index contributed by atoms with van der Waals surface area (Å²) in [5, 5.41) is 0.775. The molecule has 0 aromatic rings. The van der Waals surface area contributed by atoms with Gasteiger partial charge in [-0.25, -0.2) is 0 Å². The Balaban J connectivity index is 4.04. The van der Waals surface area contributed by atoms with Crippen molar-refractivity contribution in [3.8, 4) is 0 Å². The fraction of sp³-hybridized carbons (Fsp3) is 0.824. The molecule has 0 rings (SSSR count). The number of allylic oxidation sites excluding steroid dienone is 2. The van der Waals surface area contributed by atoms with E-state index in [1.54, 1.807) is 5.57 Å². The van der Waals surface area contributed by atoms with Crippen LogP contribution in [0.5, 0.6) is 0 Å². The molecule has 0 aromatic heterocycles. The molecule has 0 unspecified atom stereocenters. The molecule has 0 aliphatic rings. The van der Waals surface area contributed by atoms with E-state index in [0.29, 0.717) is 6.61 Å². The van der Waals surface area contributed by atoms with Crippen LogP contribution in [-0.4, -0.2) is 11.7 Å². The summed E-state index contributed by atoms with van der Waals surface area (Å²) in [6, 6.07) is 0. The van der Waals surface area contributed by atoms with Gasteiger partial charge in [0.05, 0.1) is 6.61 Å². The van der Waals surface area contributed by atoms with Gasteiger partial charge in [0.1, 0.15) is 0 Å². The number of ether oxygens (including phenoxy) is 1. The van der Waals surface area contributed by atoms with Crippen LogP contribution < -0.4 is 0 Å². The smallest absolute Gasteiger partial charge is 0.159 e. The molecular weight excluding hydrogens is 252 g/mol. The zero-order valence-electron chi connectivity index (χ0n) is 13.2. The second-order valence-electron chi connectivity index (χ2n) is 5.12. The maximum Gasteiger partial charge on any atom is 0.159 e. The second kappa shape index (κ2) is 14.0. The van der Waals surface area contributed by atoms with E-state index in [1.165, 1.54) is 51.4 Å². The van der Waals surface area contributed by atoms with Crippen LogP contribution in [0.1, 0.15) is 85.0 Å². The Morgan fingerprint density at radius 3 is 2.21 bits per heavy atom. The summed E-state index contributed by atoms with van der Waals surface area (Å²) >= 11 is 5.21. The minimum Gasteiger partial charge on any atom is -0.487 e. The van der Waals surface area contributed by atoms with Crippen molar-refractivity contribution >= 4 is 17.3 Å². The molecule has 0 bridgehead atoms. The largest absolute Gasteiger partial charge is 0.487 e. The van der Waals surface area contributed by atoms with Crippen LogP contribution in [0.3, 0.4) is 0 Å². The molecule has 0 aromatic carbocycles. The number of hydrogen-bond acceptors (Lipinski definition) is 2. The Hall–Kier alpha value is -0.370. The molecule has 0 N–H and O–H groups in total. The van der Waals surface area contributed by atoms with Gasteiger partial charge in [0, 0.05) is 6.42 Å². The van der Waals surface area contributed by atoms with E-state index in [2.05, 4.69) is 19.9 Å².